The summed E-state index contributed by atoms with van der Waals surface area (Å²) in [6, 6.07) is 6.86. The number of nitrogens with one attached hydrogen (secondary N) is 1. The van der Waals surface area contributed by atoms with Gasteiger partial charge in [0.05, 0.1) is 0 Å². The van der Waals surface area contributed by atoms with Gasteiger partial charge in [-0.15, -0.1) is 11.3 Å². The van der Waals surface area contributed by atoms with E-state index in [1.807, 2.05) is 0 Å². The molecule has 4 nitrogen and oxygen atoms in total. The van der Waals surface area contributed by atoms with E-state index in [9.17, 15) is 4.79 Å². The standard InChI is InChI=1S/C12H11ClN2O2S/c1-8(11(16)15-12-14-6-7-18-12)17-10-4-2-9(13)3-5-10/h2-8H,1H3,(H,14,15,16)/t8-/m0/s1. The van der Waals surface area contributed by atoms with Gasteiger partial charge in [-0.3, -0.25) is 10.1 Å². The summed E-state index contributed by atoms with van der Waals surface area (Å²) in [6.07, 6.45) is 1.03. The Labute approximate surface area is 114 Å². The molecule has 0 radical (unpaired) electrons. The van der Waals surface area contributed by atoms with Crippen LogP contribution in [0.5, 0.6) is 5.75 Å². The molecule has 0 bridgehead atoms. The normalized spacial score (nSPS) is 11.9. The summed E-state index contributed by atoms with van der Waals surface area (Å²) in [6.45, 7) is 1.68. The number of rotatable bonds is 4. The van der Waals surface area contributed by atoms with Gasteiger partial charge < -0.3 is 4.74 Å². The highest BCUT2D eigenvalue weighted by atomic mass is 35.5. The summed E-state index contributed by atoms with van der Waals surface area (Å²) in [5, 5.41) is 5.65. The molecule has 0 fully saturated rings. The second-order valence-electron chi connectivity index (χ2n) is 3.54. The number of ether oxygens (including phenoxy) is 1. The molecule has 1 heterocycles. The van der Waals surface area contributed by atoms with Gasteiger partial charge in [-0.25, -0.2) is 4.98 Å². The monoisotopic (exact) mass is 282 g/mol. The van der Waals surface area contributed by atoms with E-state index in [1.165, 1.54) is 11.3 Å². The minimum Gasteiger partial charge on any atom is -0.481 e. The lowest BCUT2D eigenvalue weighted by Gasteiger charge is -2.13. The van der Waals surface area contributed by atoms with Crippen LogP contribution in [0.1, 0.15) is 6.92 Å². The van der Waals surface area contributed by atoms with E-state index < -0.39 is 6.10 Å². The van der Waals surface area contributed by atoms with Crippen molar-refractivity contribution in [1.29, 1.82) is 0 Å². The molecule has 0 aliphatic rings. The number of carbonyl (C=O) groups excluding carboxylic acids is 1. The minimum atomic E-state index is -0.602. The van der Waals surface area contributed by atoms with Crippen LogP contribution < -0.4 is 10.1 Å². The summed E-state index contributed by atoms with van der Waals surface area (Å²) in [5.74, 6) is 0.362. The van der Waals surface area contributed by atoms with E-state index in [-0.39, 0.29) is 5.91 Å². The molecular formula is C12H11ClN2O2S. The predicted molar refractivity (Wildman–Crippen MR) is 72.3 cm³/mol. The number of carbonyl (C=O) groups is 1. The first-order valence-electron chi connectivity index (χ1n) is 5.28. The van der Waals surface area contributed by atoms with Gasteiger partial charge in [0, 0.05) is 16.6 Å². The topological polar surface area (TPSA) is 51.2 Å². The largest absolute Gasteiger partial charge is 0.481 e. The first kappa shape index (κ1) is 12.9. The SMILES string of the molecule is C[C@H](Oc1ccc(Cl)cc1)C(=O)Nc1nccs1. The Hall–Kier alpha value is -1.59. The first-order chi connectivity index (χ1) is 8.65. The fourth-order valence-electron chi connectivity index (χ4n) is 1.26. The summed E-state index contributed by atoms with van der Waals surface area (Å²) in [7, 11) is 0. The average Bonchev–Trinajstić information content (AvgIpc) is 2.85. The van der Waals surface area contributed by atoms with Gasteiger partial charge in [0.15, 0.2) is 11.2 Å². The van der Waals surface area contributed by atoms with E-state index in [0.717, 1.165) is 0 Å². The second kappa shape index (κ2) is 5.84. The number of anilines is 1. The molecule has 0 aliphatic carbocycles. The zero-order chi connectivity index (χ0) is 13.0. The van der Waals surface area contributed by atoms with Crippen LogP contribution in [0.4, 0.5) is 5.13 Å². The number of thiazole rings is 1. The quantitative estimate of drug-likeness (QED) is 0.937. The van der Waals surface area contributed by atoms with Crippen molar-refractivity contribution < 1.29 is 9.53 Å². The van der Waals surface area contributed by atoms with E-state index in [0.29, 0.717) is 15.9 Å². The molecule has 1 aromatic heterocycles. The molecule has 0 saturated carbocycles. The van der Waals surface area contributed by atoms with Crippen molar-refractivity contribution in [3.63, 3.8) is 0 Å². The number of hydrogen-bond donors (Lipinski definition) is 1. The van der Waals surface area contributed by atoms with Crippen molar-refractivity contribution in [2.24, 2.45) is 0 Å². The molecule has 1 atom stereocenters. The van der Waals surface area contributed by atoms with Gasteiger partial charge in [-0.1, -0.05) is 11.6 Å². The lowest BCUT2D eigenvalue weighted by Crippen LogP contribution is -2.30. The lowest BCUT2D eigenvalue weighted by molar-refractivity contribution is -0.122. The predicted octanol–water partition coefficient (Wildman–Crippen LogP) is 3.20. The highest BCUT2D eigenvalue weighted by Crippen LogP contribution is 2.17. The molecule has 1 amide bonds. The Morgan fingerprint density at radius 2 is 2.17 bits per heavy atom. The zero-order valence-corrected chi connectivity index (χ0v) is 11.2. The highest BCUT2D eigenvalue weighted by Gasteiger charge is 2.15. The van der Waals surface area contributed by atoms with Gasteiger partial charge in [-0.05, 0) is 31.2 Å². The molecule has 18 heavy (non-hydrogen) atoms. The van der Waals surface area contributed by atoms with E-state index in [2.05, 4.69) is 10.3 Å². The van der Waals surface area contributed by atoms with Crippen LogP contribution in [0.3, 0.4) is 0 Å². The van der Waals surface area contributed by atoms with E-state index in [1.54, 1.807) is 42.8 Å². The fourth-order valence-corrected chi connectivity index (χ4v) is 1.92. The van der Waals surface area contributed by atoms with Crippen molar-refractivity contribution in [1.82, 2.24) is 4.98 Å². The van der Waals surface area contributed by atoms with Crippen LogP contribution in [-0.2, 0) is 4.79 Å². The van der Waals surface area contributed by atoms with Gasteiger partial charge in [-0.2, -0.15) is 0 Å². The molecule has 2 aromatic rings. The number of benzene rings is 1. The number of amides is 1. The fraction of sp³-hybridized carbons (Fsp3) is 0.167. The van der Waals surface area contributed by atoms with Crippen molar-refractivity contribution >= 4 is 34.0 Å². The molecule has 6 heteroatoms. The second-order valence-corrected chi connectivity index (χ2v) is 4.87. The van der Waals surface area contributed by atoms with Crippen LogP contribution in [0.2, 0.25) is 5.02 Å². The third kappa shape index (κ3) is 3.45. The van der Waals surface area contributed by atoms with Crippen molar-refractivity contribution in [3.05, 3.63) is 40.9 Å². The summed E-state index contributed by atoms with van der Waals surface area (Å²) in [4.78, 5) is 15.8. The Kier molecular flexibility index (Phi) is 4.17. The maximum atomic E-state index is 11.8. The molecule has 0 aliphatic heterocycles. The molecule has 2 rings (SSSR count). The average molecular weight is 283 g/mol. The van der Waals surface area contributed by atoms with Crippen LogP contribution in [0.25, 0.3) is 0 Å². The maximum absolute atomic E-state index is 11.8. The Balaban J connectivity index is 1.93. The van der Waals surface area contributed by atoms with Gasteiger partial charge in [0.2, 0.25) is 0 Å². The molecule has 0 unspecified atom stereocenters. The number of halogens is 1. The third-order valence-electron chi connectivity index (χ3n) is 2.16. The first-order valence-corrected chi connectivity index (χ1v) is 6.53. The molecular weight excluding hydrogens is 272 g/mol. The Morgan fingerprint density at radius 1 is 1.44 bits per heavy atom. The minimum absolute atomic E-state index is 0.236. The van der Waals surface area contributed by atoms with Crippen molar-refractivity contribution in [3.8, 4) is 5.75 Å². The highest BCUT2D eigenvalue weighted by molar-refractivity contribution is 7.13. The lowest BCUT2D eigenvalue weighted by atomic mass is 10.3. The van der Waals surface area contributed by atoms with Crippen LogP contribution in [0, 0.1) is 0 Å². The van der Waals surface area contributed by atoms with E-state index in [4.69, 9.17) is 16.3 Å². The molecule has 0 saturated heterocycles. The van der Waals surface area contributed by atoms with Crippen molar-refractivity contribution in [2.75, 3.05) is 5.32 Å². The Bertz CT molecular complexity index is 513. The maximum Gasteiger partial charge on any atom is 0.266 e. The number of aromatic nitrogens is 1. The third-order valence-corrected chi connectivity index (χ3v) is 3.10. The number of hydrogen-bond acceptors (Lipinski definition) is 4. The smallest absolute Gasteiger partial charge is 0.266 e. The number of nitrogens with zero attached hydrogens (tertiary/aromatic N) is 1. The molecule has 1 N–H and O–H groups in total. The summed E-state index contributed by atoms with van der Waals surface area (Å²) < 4.78 is 5.49. The van der Waals surface area contributed by atoms with Gasteiger partial charge in [0.1, 0.15) is 5.75 Å². The van der Waals surface area contributed by atoms with Gasteiger partial charge >= 0.3 is 0 Å². The van der Waals surface area contributed by atoms with Gasteiger partial charge in [0.25, 0.3) is 5.91 Å². The molecule has 94 valence electrons. The van der Waals surface area contributed by atoms with Crippen LogP contribution in [-0.4, -0.2) is 17.0 Å². The summed E-state index contributed by atoms with van der Waals surface area (Å²) >= 11 is 7.12. The van der Waals surface area contributed by atoms with Crippen LogP contribution >= 0.6 is 22.9 Å². The van der Waals surface area contributed by atoms with Crippen LogP contribution in [0.15, 0.2) is 35.8 Å². The Morgan fingerprint density at radius 3 is 2.78 bits per heavy atom. The van der Waals surface area contributed by atoms with E-state index >= 15 is 0 Å². The summed E-state index contributed by atoms with van der Waals surface area (Å²) in [5.41, 5.74) is 0. The zero-order valence-electron chi connectivity index (χ0n) is 9.59. The molecule has 0 spiro atoms. The molecule has 1 aromatic carbocycles. The van der Waals surface area contributed by atoms with Crippen molar-refractivity contribution in [2.45, 2.75) is 13.0 Å².